The van der Waals surface area contributed by atoms with Crippen LogP contribution in [-0.4, -0.2) is 0 Å². The molecule has 0 saturated heterocycles. The van der Waals surface area contributed by atoms with E-state index in [9.17, 15) is 0 Å². The van der Waals surface area contributed by atoms with Crippen molar-refractivity contribution in [2.24, 2.45) is 0 Å². The van der Waals surface area contributed by atoms with Crippen LogP contribution in [0.3, 0.4) is 0 Å². The van der Waals surface area contributed by atoms with Gasteiger partial charge in [0.25, 0.3) is 0 Å². The van der Waals surface area contributed by atoms with Gasteiger partial charge >= 0.3 is 0 Å². The van der Waals surface area contributed by atoms with Crippen molar-refractivity contribution >= 4 is 29.7 Å². The average molecular weight is 244 g/mol. The molecule has 15 heavy (non-hydrogen) atoms. The maximum Gasteiger partial charge on any atom is 0.133 e. The van der Waals surface area contributed by atoms with Crippen molar-refractivity contribution in [1.29, 1.82) is 0 Å². The van der Waals surface area contributed by atoms with Gasteiger partial charge in [-0.2, -0.15) is 0 Å². The predicted molar refractivity (Wildman–Crippen MR) is 65.6 cm³/mol. The van der Waals surface area contributed by atoms with E-state index in [4.69, 9.17) is 21.8 Å². The summed E-state index contributed by atoms with van der Waals surface area (Å²) in [4.78, 5) is 0. The van der Waals surface area contributed by atoms with Gasteiger partial charge in [-0.15, -0.1) is 12.4 Å². The van der Waals surface area contributed by atoms with E-state index in [1.165, 1.54) is 0 Å². The summed E-state index contributed by atoms with van der Waals surface area (Å²) in [6.07, 6.45) is 1.63. The normalized spacial score (nSPS) is 9.73. The first kappa shape index (κ1) is 12.0. The lowest BCUT2D eigenvalue weighted by atomic mass is 10.1. The van der Waals surface area contributed by atoms with Gasteiger partial charge in [-0.25, -0.2) is 0 Å². The standard InChI is InChI=1S/C11H10ClNO.ClH/c1-7-5-8(6-9(12)11(7)13)10-3-2-4-14-10;/h2-6H,13H2,1H3;1H. The van der Waals surface area contributed by atoms with Crippen molar-refractivity contribution < 1.29 is 4.42 Å². The second-order valence-electron chi connectivity index (χ2n) is 3.17. The summed E-state index contributed by atoms with van der Waals surface area (Å²) in [5, 5.41) is 0.566. The van der Waals surface area contributed by atoms with E-state index < -0.39 is 0 Å². The Balaban J connectivity index is 0.00000112. The molecule has 0 aliphatic heterocycles. The number of nitrogen functional groups attached to an aromatic ring is 1. The number of hydrogen-bond donors (Lipinski definition) is 1. The highest BCUT2D eigenvalue weighted by Gasteiger charge is 2.06. The van der Waals surface area contributed by atoms with E-state index in [1.54, 1.807) is 6.26 Å². The molecule has 2 rings (SSSR count). The van der Waals surface area contributed by atoms with Crippen molar-refractivity contribution in [3.05, 3.63) is 41.1 Å². The van der Waals surface area contributed by atoms with Crippen LogP contribution in [-0.2, 0) is 0 Å². The lowest BCUT2D eigenvalue weighted by Crippen LogP contribution is -1.91. The van der Waals surface area contributed by atoms with Gasteiger partial charge in [-0.1, -0.05) is 11.6 Å². The van der Waals surface area contributed by atoms with E-state index >= 15 is 0 Å². The van der Waals surface area contributed by atoms with Crippen LogP contribution in [0, 0.1) is 6.92 Å². The number of benzene rings is 1. The topological polar surface area (TPSA) is 39.2 Å². The van der Waals surface area contributed by atoms with Gasteiger partial charge < -0.3 is 10.2 Å². The van der Waals surface area contributed by atoms with Gasteiger partial charge in [0.15, 0.2) is 0 Å². The first-order valence-electron chi connectivity index (χ1n) is 4.28. The molecule has 0 radical (unpaired) electrons. The second-order valence-corrected chi connectivity index (χ2v) is 3.57. The summed E-state index contributed by atoms with van der Waals surface area (Å²) in [6, 6.07) is 7.50. The quantitative estimate of drug-likeness (QED) is 0.772. The largest absolute Gasteiger partial charge is 0.464 e. The van der Waals surface area contributed by atoms with E-state index in [0.29, 0.717) is 10.7 Å². The number of rotatable bonds is 1. The molecule has 0 spiro atoms. The van der Waals surface area contributed by atoms with Crippen molar-refractivity contribution in [3.63, 3.8) is 0 Å². The van der Waals surface area contributed by atoms with Gasteiger partial charge in [0.2, 0.25) is 0 Å². The number of halogens is 2. The van der Waals surface area contributed by atoms with Gasteiger partial charge in [-0.05, 0) is 36.8 Å². The molecule has 0 saturated carbocycles. The zero-order valence-electron chi connectivity index (χ0n) is 8.16. The van der Waals surface area contributed by atoms with Crippen LogP contribution < -0.4 is 5.73 Å². The van der Waals surface area contributed by atoms with Gasteiger partial charge in [-0.3, -0.25) is 0 Å². The molecule has 80 valence electrons. The van der Waals surface area contributed by atoms with E-state index in [1.807, 2.05) is 31.2 Å². The summed E-state index contributed by atoms with van der Waals surface area (Å²) in [7, 11) is 0. The number of aryl methyl sites for hydroxylation is 1. The molecule has 0 unspecified atom stereocenters. The number of nitrogens with two attached hydrogens (primary N) is 1. The molecule has 4 heteroatoms. The highest BCUT2D eigenvalue weighted by molar-refractivity contribution is 6.33. The fourth-order valence-corrected chi connectivity index (χ4v) is 1.61. The molecule has 2 nitrogen and oxygen atoms in total. The monoisotopic (exact) mass is 243 g/mol. The lowest BCUT2D eigenvalue weighted by Gasteiger charge is -2.05. The van der Waals surface area contributed by atoms with Gasteiger partial charge in [0, 0.05) is 5.56 Å². The molecule has 1 heterocycles. The Morgan fingerprint density at radius 3 is 2.60 bits per heavy atom. The van der Waals surface area contributed by atoms with Crippen molar-refractivity contribution in [2.45, 2.75) is 6.92 Å². The van der Waals surface area contributed by atoms with Crippen molar-refractivity contribution in [3.8, 4) is 11.3 Å². The Morgan fingerprint density at radius 2 is 2.07 bits per heavy atom. The summed E-state index contributed by atoms with van der Waals surface area (Å²) >= 11 is 5.97. The first-order chi connectivity index (χ1) is 6.68. The Kier molecular flexibility index (Phi) is 3.66. The SMILES string of the molecule is Cc1cc(-c2ccco2)cc(Cl)c1N.Cl. The lowest BCUT2D eigenvalue weighted by molar-refractivity contribution is 0.582. The fourth-order valence-electron chi connectivity index (χ4n) is 1.34. The molecule has 2 N–H and O–H groups in total. The van der Waals surface area contributed by atoms with Crippen molar-refractivity contribution in [1.82, 2.24) is 0 Å². The Morgan fingerprint density at radius 1 is 1.33 bits per heavy atom. The number of hydrogen-bond acceptors (Lipinski definition) is 2. The van der Waals surface area contributed by atoms with E-state index in [0.717, 1.165) is 16.9 Å². The van der Waals surface area contributed by atoms with Crippen LogP contribution in [0.1, 0.15) is 5.56 Å². The van der Waals surface area contributed by atoms with E-state index in [-0.39, 0.29) is 12.4 Å². The van der Waals surface area contributed by atoms with Gasteiger partial charge in [0.1, 0.15) is 5.76 Å². The third kappa shape index (κ3) is 2.28. The second kappa shape index (κ2) is 4.60. The molecular weight excluding hydrogens is 233 g/mol. The molecule has 1 aromatic heterocycles. The summed E-state index contributed by atoms with van der Waals surface area (Å²) in [6.45, 7) is 1.92. The minimum atomic E-state index is 0. The van der Waals surface area contributed by atoms with Crippen LogP contribution in [0.5, 0.6) is 0 Å². The van der Waals surface area contributed by atoms with Crippen LogP contribution in [0.2, 0.25) is 5.02 Å². The van der Waals surface area contributed by atoms with Gasteiger partial charge in [0.05, 0.1) is 17.0 Å². The molecule has 0 aliphatic carbocycles. The smallest absolute Gasteiger partial charge is 0.133 e. The molecular formula is C11H11Cl2NO. The molecule has 0 bridgehead atoms. The highest BCUT2D eigenvalue weighted by atomic mass is 35.5. The fraction of sp³-hybridized carbons (Fsp3) is 0.0909. The Bertz CT molecular complexity index is 429. The van der Waals surface area contributed by atoms with Crippen LogP contribution >= 0.6 is 24.0 Å². The zero-order chi connectivity index (χ0) is 10.1. The first-order valence-corrected chi connectivity index (χ1v) is 4.66. The molecule has 0 fully saturated rings. The summed E-state index contributed by atoms with van der Waals surface area (Å²) in [5.74, 6) is 0.801. The molecule has 2 aromatic rings. The minimum absolute atomic E-state index is 0. The molecule has 0 amide bonds. The Labute approximate surface area is 99.4 Å². The number of anilines is 1. The molecule has 0 aliphatic rings. The molecule has 0 atom stereocenters. The highest BCUT2D eigenvalue weighted by Crippen LogP contribution is 2.30. The third-order valence-corrected chi connectivity index (χ3v) is 2.45. The average Bonchev–Trinajstić information content (AvgIpc) is 2.66. The van der Waals surface area contributed by atoms with Crippen LogP contribution in [0.4, 0.5) is 5.69 Å². The maximum atomic E-state index is 5.97. The number of furan rings is 1. The summed E-state index contributed by atoms with van der Waals surface area (Å²) in [5.41, 5.74) is 8.28. The van der Waals surface area contributed by atoms with Crippen molar-refractivity contribution in [2.75, 3.05) is 5.73 Å². The predicted octanol–water partition coefficient (Wildman–Crippen LogP) is 3.91. The van der Waals surface area contributed by atoms with Crippen LogP contribution in [0.25, 0.3) is 11.3 Å². The van der Waals surface area contributed by atoms with Crippen LogP contribution in [0.15, 0.2) is 34.9 Å². The maximum absolute atomic E-state index is 5.97. The molecule has 1 aromatic carbocycles. The third-order valence-electron chi connectivity index (χ3n) is 2.14. The minimum Gasteiger partial charge on any atom is -0.464 e. The zero-order valence-corrected chi connectivity index (χ0v) is 9.73. The Hall–Kier alpha value is -1.12. The summed E-state index contributed by atoms with van der Waals surface area (Å²) < 4.78 is 5.27. The van der Waals surface area contributed by atoms with E-state index in [2.05, 4.69) is 0 Å².